The number of rotatable bonds is 6. The van der Waals surface area contributed by atoms with Crippen LogP contribution in [0.3, 0.4) is 0 Å². The Morgan fingerprint density at radius 3 is 2.11 bits per heavy atom. The highest BCUT2D eigenvalue weighted by molar-refractivity contribution is 7.93. The van der Waals surface area contributed by atoms with Crippen LogP contribution in [-0.4, -0.2) is 22.2 Å². The van der Waals surface area contributed by atoms with E-state index in [1.807, 2.05) is 42.5 Å². The lowest BCUT2D eigenvalue weighted by Gasteiger charge is -2.09. The molecule has 0 N–H and O–H groups in total. The molecule has 0 aliphatic rings. The zero-order valence-corrected chi connectivity index (χ0v) is 16.2. The Balaban J connectivity index is 0.00000114. The van der Waals surface area contributed by atoms with E-state index < -0.39 is 15.8 Å². The molecular weight excluding hydrogens is 366 g/mol. The standard InChI is InChI=1S/C19H23NO3S.CO2/c1-3-8-16-11-13-18(14-12-16)24(22,4-2)20-19(21)23-15-17-9-6-5-7-10-17;2-1-3/h5-7,9-14H,3-4,8,15H2,1-2H3;. The molecule has 0 fully saturated rings. The molecule has 0 radical (unpaired) electrons. The molecule has 1 amide bonds. The number of nitrogens with zero attached hydrogens (tertiary/aromatic N) is 1. The van der Waals surface area contributed by atoms with E-state index >= 15 is 0 Å². The van der Waals surface area contributed by atoms with E-state index in [1.54, 1.807) is 19.1 Å². The van der Waals surface area contributed by atoms with Gasteiger partial charge in [-0.2, -0.15) is 9.59 Å². The zero-order chi connectivity index (χ0) is 20.1. The monoisotopic (exact) mass is 389 g/mol. The van der Waals surface area contributed by atoms with Gasteiger partial charge in [0.15, 0.2) is 0 Å². The Morgan fingerprint density at radius 2 is 1.59 bits per heavy atom. The quantitative estimate of drug-likeness (QED) is 0.737. The van der Waals surface area contributed by atoms with E-state index in [-0.39, 0.29) is 18.5 Å². The van der Waals surface area contributed by atoms with Crippen LogP contribution in [0.25, 0.3) is 0 Å². The summed E-state index contributed by atoms with van der Waals surface area (Å²) in [6.07, 6.45) is 1.49. The third kappa shape index (κ3) is 7.56. The number of amides is 1. The molecule has 6 nitrogen and oxygen atoms in total. The molecular formula is C20H23NO5S. The van der Waals surface area contributed by atoms with Crippen LogP contribution in [0.1, 0.15) is 31.4 Å². The Morgan fingerprint density at radius 1 is 1.00 bits per heavy atom. The first-order valence-corrected chi connectivity index (χ1v) is 10.2. The lowest BCUT2D eigenvalue weighted by Crippen LogP contribution is -2.09. The fourth-order valence-electron chi connectivity index (χ4n) is 2.31. The van der Waals surface area contributed by atoms with Crippen molar-refractivity contribution in [3.63, 3.8) is 0 Å². The highest BCUT2D eigenvalue weighted by Crippen LogP contribution is 2.17. The Bertz CT molecular complexity index is 863. The molecule has 27 heavy (non-hydrogen) atoms. The van der Waals surface area contributed by atoms with Crippen LogP contribution in [0.2, 0.25) is 0 Å². The largest absolute Gasteiger partial charge is 0.443 e. The van der Waals surface area contributed by atoms with Crippen LogP contribution in [0.4, 0.5) is 4.79 Å². The molecule has 2 aromatic carbocycles. The van der Waals surface area contributed by atoms with E-state index in [2.05, 4.69) is 11.3 Å². The summed E-state index contributed by atoms with van der Waals surface area (Å²) in [5.74, 6) is 0.264. The predicted octanol–water partition coefficient (Wildman–Crippen LogP) is 4.24. The fourth-order valence-corrected chi connectivity index (χ4v) is 3.73. The third-order valence-electron chi connectivity index (χ3n) is 3.65. The molecule has 7 heteroatoms. The molecule has 2 aromatic rings. The molecule has 0 aliphatic heterocycles. The number of hydrogen-bond acceptors (Lipinski definition) is 5. The maximum absolute atomic E-state index is 13.0. The van der Waals surface area contributed by atoms with Gasteiger partial charge in [-0.1, -0.05) is 62.7 Å². The molecule has 0 aliphatic carbocycles. The molecule has 0 saturated carbocycles. The smallest absolute Gasteiger partial charge is 0.442 e. The molecule has 1 atom stereocenters. The van der Waals surface area contributed by atoms with Crippen LogP contribution in [0.5, 0.6) is 0 Å². The summed E-state index contributed by atoms with van der Waals surface area (Å²) in [5, 5.41) is 0. The molecule has 0 heterocycles. The number of ether oxygens (including phenoxy) is 1. The van der Waals surface area contributed by atoms with Crippen LogP contribution < -0.4 is 0 Å². The van der Waals surface area contributed by atoms with E-state index in [9.17, 15) is 9.00 Å². The Kier molecular flexibility index (Phi) is 9.72. The van der Waals surface area contributed by atoms with Crippen molar-refractivity contribution in [1.29, 1.82) is 0 Å². The van der Waals surface area contributed by atoms with Crippen molar-refractivity contribution >= 4 is 22.0 Å². The average Bonchev–Trinajstić information content (AvgIpc) is 2.68. The van der Waals surface area contributed by atoms with Gasteiger partial charge in [0.25, 0.3) is 0 Å². The van der Waals surface area contributed by atoms with Crippen molar-refractivity contribution in [1.82, 2.24) is 0 Å². The van der Waals surface area contributed by atoms with Gasteiger partial charge in [0.05, 0.1) is 9.73 Å². The number of carbonyl (C=O) groups is 1. The van der Waals surface area contributed by atoms with Gasteiger partial charge in [-0.3, -0.25) is 0 Å². The van der Waals surface area contributed by atoms with Gasteiger partial charge in [-0.25, -0.2) is 9.00 Å². The zero-order valence-electron chi connectivity index (χ0n) is 15.4. The molecule has 0 aromatic heterocycles. The topological polar surface area (TPSA) is 89.9 Å². The van der Waals surface area contributed by atoms with Gasteiger partial charge in [0.2, 0.25) is 0 Å². The second-order valence-corrected chi connectivity index (χ2v) is 8.05. The lowest BCUT2D eigenvalue weighted by molar-refractivity contribution is -0.191. The lowest BCUT2D eigenvalue weighted by atomic mass is 10.1. The minimum absolute atomic E-state index is 0.123. The van der Waals surface area contributed by atoms with Gasteiger partial charge in [-0.15, -0.1) is 4.36 Å². The highest BCUT2D eigenvalue weighted by Gasteiger charge is 2.14. The van der Waals surface area contributed by atoms with Crippen molar-refractivity contribution < 1.29 is 23.3 Å². The molecule has 2 rings (SSSR count). The average molecular weight is 389 g/mol. The van der Waals surface area contributed by atoms with E-state index in [0.29, 0.717) is 4.90 Å². The first-order valence-electron chi connectivity index (χ1n) is 8.52. The predicted molar refractivity (Wildman–Crippen MR) is 101 cm³/mol. The molecule has 0 spiro atoms. The first kappa shape index (κ1) is 22.3. The SMILES string of the molecule is CCCc1ccc(S(=O)(CC)=NC(=O)OCc2ccccc2)cc1.O=C=O. The summed E-state index contributed by atoms with van der Waals surface area (Å²) in [5.41, 5.74) is 2.05. The molecule has 0 saturated heterocycles. The van der Waals surface area contributed by atoms with Gasteiger partial charge < -0.3 is 4.74 Å². The van der Waals surface area contributed by atoms with Gasteiger partial charge >= 0.3 is 12.2 Å². The maximum Gasteiger partial charge on any atom is 0.442 e. The maximum atomic E-state index is 13.0. The van der Waals surface area contributed by atoms with E-state index in [1.165, 1.54) is 5.56 Å². The van der Waals surface area contributed by atoms with Crippen LogP contribution in [-0.2, 0) is 37.1 Å². The minimum atomic E-state index is -2.79. The van der Waals surface area contributed by atoms with Crippen molar-refractivity contribution in [2.75, 3.05) is 5.75 Å². The first-order chi connectivity index (χ1) is 13.0. The van der Waals surface area contributed by atoms with Crippen molar-refractivity contribution in [2.45, 2.75) is 38.2 Å². The second-order valence-electron chi connectivity index (χ2n) is 5.54. The summed E-state index contributed by atoms with van der Waals surface area (Å²) >= 11 is 0. The highest BCUT2D eigenvalue weighted by atomic mass is 32.2. The summed E-state index contributed by atoms with van der Waals surface area (Å²) in [6.45, 7) is 4.00. The van der Waals surface area contributed by atoms with Gasteiger partial charge in [0, 0.05) is 10.6 Å². The number of aryl methyl sites for hydroxylation is 1. The summed E-state index contributed by atoms with van der Waals surface area (Å²) in [6, 6.07) is 16.8. The third-order valence-corrected chi connectivity index (χ3v) is 5.88. The Hall–Kier alpha value is -2.76. The van der Waals surface area contributed by atoms with Crippen LogP contribution in [0, 0.1) is 0 Å². The van der Waals surface area contributed by atoms with Crippen LogP contribution in [0.15, 0.2) is 63.9 Å². The van der Waals surface area contributed by atoms with Crippen LogP contribution >= 0.6 is 0 Å². The molecule has 0 bridgehead atoms. The normalized spacial score (nSPS) is 11.9. The van der Waals surface area contributed by atoms with Crippen molar-refractivity contribution in [3.05, 3.63) is 65.7 Å². The summed E-state index contributed by atoms with van der Waals surface area (Å²) < 4.78 is 22.0. The number of carbonyl (C=O) groups excluding carboxylic acids is 3. The molecule has 144 valence electrons. The minimum Gasteiger partial charge on any atom is -0.443 e. The van der Waals surface area contributed by atoms with Gasteiger partial charge in [-0.05, 0) is 29.7 Å². The van der Waals surface area contributed by atoms with E-state index in [0.717, 1.165) is 18.4 Å². The number of hydrogen-bond donors (Lipinski definition) is 0. The Labute approximate surface area is 159 Å². The summed E-state index contributed by atoms with van der Waals surface area (Å²) in [7, 11) is -2.79. The fraction of sp³-hybridized carbons (Fsp3) is 0.300. The molecule has 1 unspecified atom stereocenters. The van der Waals surface area contributed by atoms with E-state index in [4.69, 9.17) is 14.3 Å². The summed E-state index contributed by atoms with van der Waals surface area (Å²) in [4.78, 5) is 28.8. The second kappa shape index (κ2) is 11.8. The number of benzene rings is 2. The van der Waals surface area contributed by atoms with Gasteiger partial charge in [0.1, 0.15) is 6.61 Å². The van der Waals surface area contributed by atoms with Crippen molar-refractivity contribution in [2.24, 2.45) is 4.36 Å². The van der Waals surface area contributed by atoms with Crippen molar-refractivity contribution in [3.8, 4) is 0 Å².